The highest BCUT2D eigenvalue weighted by atomic mass is 16.5. The summed E-state index contributed by atoms with van der Waals surface area (Å²) in [7, 11) is 0. The van der Waals surface area contributed by atoms with Crippen LogP contribution in [0.2, 0.25) is 0 Å². The average Bonchev–Trinajstić information content (AvgIpc) is 2.61. The van der Waals surface area contributed by atoms with E-state index < -0.39 is 5.63 Å². The van der Waals surface area contributed by atoms with Crippen molar-refractivity contribution in [1.29, 1.82) is 0 Å². The molecule has 0 saturated heterocycles. The van der Waals surface area contributed by atoms with Crippen LogP contribution in [0.3, 0.4) is 0 Å². The normalized spacial score (nSPS) is 10.0. The molecule has 0 atom stereocenters. The first-order valence-electron chi connectivity index (χ1n) is 3.93. The minimum absolute atomic E-state index is 0.226. The Morgan fingerprint density at radius 3 is 2.57 bits per heavy atom. The van der Waals surface area contributed by atoms with Crippen molar-refractivity contribution in [3.05, 3.63) is 45.7 Å². The van der Waals surface area contributed by atoms with Crippen LogP contribution in [-0.4, -0.2) is 5.16 Å². The number of nitrogens with one attached hydrogen (secondary N) is 1. The maximum absolute atomic E-state index is 11.0. The van der Waals surface area contributed by atoms with Gasteiger partial charge in [0.25, 0.3) is 0 Å². The van der Waals surface area contributed by atoms with E-state index in [0.717, 1.165) is 0 Å². The van der Waals surface area contributed by atoms with E-state index in [1.54, 1.807) is 24.3 Å². The van der Waals surface area contributed by atoms with Crippen LogP contribution in [-0.2, 0) is 0 Å². The molecule has 0 aliphatic carbocycles. The summed E-state index contributed by atoms with van der Waals surface area (Å²) in [4.78, 5) is 21.3. The molecule has 1 N–H and O–H groups in total. The maximum Gasteiger partial charge on any atom is 0.387 e. The zero-order chi connectivity index (χ0) is 9.97. The van der Waals surface area contributed by atoms with Crippen LogP contribution in [0, 0.1) is 4.91 Å². The van der Waals surface area contributed by atoms with Gasteiger partial charge in [0.2, 0.25) is 5.69 Å². The van der Waals surface area contributed by atoms with Gasteiger partial charge in [-0.15, -0.1) is 4.91 Å². The second-order valence-corrected chi connectivity index (χ2v) is 2.67. The van der Waals surface area contributed by atoms with Crippen molar-refractivity contribution in [2.24, 2.45) is 5.18 Å². The fourth-order valence-electron chi connectivity index (χ4n) is 1.18. The van der Waals surface area contributed by atoms with Gasteiger partial charge < -0.3 is 4.52 Å². The van der Waals surface area contributed by atoms with E-state index in [-0.39, 0.29) is 5.69 Å². The Labute approximate surface area is 78.3 Å². The van der Waals surface area contributed by atoms with E-state index in [1.807, 2.05) is 6.07 Å². The second kappa shape index (κ2) is 3.29. The van der Waals surface area contributed by atoms with Gasteiger partial charge in [0, 0.05) is 5.56 Å². The molecule has 0 spiro atoms. The Morgan fingerprint density at radius 1 is 1.21 bits per heavy atom. The number of nitroso groups, excluding NO2 is 1. The van der Waals surface area contributed by atoms with Crippen molar-refractivity contribution in [3.63, 3.8) is 0 Å². The summed E-state index contributed by atoms with van der Waals surface area (Å²) in [6.45, 7) is 0. The van der Waals surface area contributed by atoms with Gasteiger partial charge in [0.15, 0.2) is 0 Å². The summed E-state index contributed by atoms with van der Waals surface area (Å²) < 4.78 is 4.47. The molecule has 2 rings (SSSR count). The molecule has 1 heterocycles. The van der Waals surface area contributed by atoms with E-state index in [4.69, 9.17) is 0 Å². The second-order valence-electron chi connectivity index (χ2n) is 2.67. The molecule has 5 nitrogen and oxygen atoms in total. The number of nitrogens with zero attached hydrogens (tertiary/aromatic N) is 1. The SMILES string of the molecule is O=N[13c]1c(-c2ccccc2)[nH]oc1=O. The highest BCUT2D eigenvalue weighted by molar-refractivity contribution is 5.70. The predicted octanol–water partition coefficient (Wildman–Crippen LogP) is 2.03. The molecule has 14 heavy (non-hydrogen) atoms. The number of benzene rings is 1. The largest absolute Gasteiger partial charge is 0.387 e. The number of aromatic nitrogens is 1. The van der Waals surface area contributed by atoms with Gasteiger partial charge in [0.05, 0.1) is 0 Å². The molecule has 0 unspecified atom stereocenters. The lowest BCUT2D eigenvalue weighted by atomic mass is 10.2. The van der Waals surface area contributed by atoms with E-state index in [1.165, 1.54) is 0 Å². The Hall–Kier alpha value is -2.17. The number of H-pyrrole nitrogens is 1. The van der Waals surface area contributed by atoms with Crippen LogP contribution in [0.5, 0.6) is 0 Å². The standard InChI is InChI=1S/C9H6N2O3/c12-9-8(10-13)7(11-14-9)6-4-2-1-3-5-6/h1-5,11H/i8+1. The summed E-state index contributed by atoms with van der Waals surface area (Å²) in [5.41, 5.74) is 0.0219. The highest BCUT2D eigenvalue weighted by Crippen LogP contribution is 2.24. The topological polar surface area (TPSA) is 75.4 Å². The van der Waals surface area contributed by atoms with Crippen molar-refractivity contribution in [3.8, 4) is 11.3 Å². The third kappa shape index (κ3) is 1.24. The molecule has 70 valence electrons. The molecule has 0 fully saturated rings. The minimum Gasteiger partial charge on any atom is -0.336 e. The quantitative estimate of drug-likeness (QED) is 0.738. The van der Waals surface area contributed by atoms with Gasteiger partial charge in [-0.3, -0.25) is 0 Å². The highest BCUT2D eigenvalue weighted by Gasteiger charge is 2.13. The van der Waals surface area contributed by atoms with Crippen LogP contribution in [0.4, 0.5) is 5.69 Å². The molecule has 0 aliphatic heterocycles. The molecular formula is C9H6N2O3. The number of hydrogen-bond donors (Lipinski definition) is 1. The molecule has 1 aromatic heterocycles. The third-order valence-electron chi connectivity index (χ3n) is 1.83. The molecule has 0 radical (unpaired) electrons. The molecule has 0 amide bonds. The lowest BCUT2D eigenvalue weighted by molar-refractivity contribution is 0.394. The summed E-state index contributed by atoms with van der Waals surface area (Å²) in [5.74, 6) is 0. The molecule has 2 aromatic rings. The first-order valence-corrected chi connectivity index (χ1v) is 3.93. The van der Waals surface area contributed by atoms with Crippen LogP contribution >= 0.6 is 0 Å². The summed E-state index contributed by atoms with van der Waals surface area (Å²) in [5, 5.41) is 4.98. The zero-order valence-corrected chi connectivity index (χ0v) is 7.06. The zero-order valence-electron chi connectivity index (χ0n) is 7.06. The van der Waals surface area contributed by atoms with E-state index in [0.29, 0.717) is 11.3 Å². The first kappa shape index (κ1) is 8.43. The summed E-state index contributed by atoms with van der Waals surface area (Å²) in [6.07, 6.45) is 0. The summed E-state index contributed by atoms with van der Waals surface area (Å²) >= 11 is 0. The van der Waals surface area contributed by atoms with Gasteiger partial charge in [-0.1, -0.05) is 30.3 Å². The lowest BCUT2D eigenvalue weighted by Crippen LogP contribution is -1.89. The van der Waals surface area contributed by atoms with Crippen molar-refractivity contribution in [2.75, 3.05) is 0 Å². The predicted molar refractivity (Wildman–Crippen MR) is 50.2 cm³/mol. The smallest absolute Gasteiger partial charge is 0.336 e. The average molecular weight is 191 g/mol. The van der Waals surface area contributed by atoms with Crippen molar-refractivity contribution >= 4 is 5.69 Å². The minimum atomic E-state index is -0.751. The van der Waals surface area contributed by atoms with E-state index >= 15 is 0 Å². The summed E-state index contributed by atoms with van der Waals surface area (Å²) in [6, 6.07) is 8.89. The molecule has 1 aromatic carbocycles. The fraction of sp³-hybridized carbons (Fsp3) is 0. The fourth-order valence-corrected chi connectivity index (χ4v) is 1.18. The number of hydrogen-bond acceptors (Lipinski definition) is 4. The number of rotatable bonds is 2. The maximum atomic E-state index is 11.0. The Bertz CT molecular complexity index is 498. The molecule has 0 saturated carbocycles. The van der Waals surface area contributed by atoms with Crippen LogP contribution in [0.1, 0.15) is 0 Å². The monoisotopic (exact) mass is 191 g/mol. The van der Waals surface area contributed by atoms with Gasteiger partial charge in [-0.25, -0.2) is 9.95 Å². The van der Waals surface area contributed by atoms with E-state index in [2.05, 4.69) is 14.9 Å². The molecule has 5 heteroatoms. The van der Waals surface area contributed by atoms with Crippen molar-refractivity contribution in [1.82, 2.24) is 5.16 Å². The lowest BCUT2D eigenvalue weighted by Gasteiger charge is -1.94. The Kier molecular flexibility index (Phi) is 1.98. The van der Waals surface area contributed by atoms with Gasteiger partial charge in [-0.05, 0) is 5.18 Å². The number of aromatic amines is 1. The van der Waals surface area contributed by atoms with E-state index in [9.17, 15) is 9.70 Å². The van der Waals surface area contributed by atoms with Gasteiger partial charge in [0.1, 0.15) is 5.69 Å². The van der Waals surface area contributed by atoms with Crippen molar-refractivity contribution in [2.45, 2.75) is 0 Å². The van der Waals surface area contributed by atoms with Gasteiger partial charge in [-0.2, -0.15) is 0 Å². The van der Waals surface area contributed by atoms with Gasteiger partial charge >= 0.3 is 5.63 Å². The Balaban J connectivity index is 2.63. The molecular weight excluding hydrogens is 185 g/mol. The first-order chi connectivity index (χ1) is 6.83. The van der Waals surface area contributed by atoms with Crippen molar-refractivity contribution < 1.29 is 4.52 Å². The van der Waals surface area contributed by atoms with Crippen LogP contribution in [0.15, 0.2) is 44.8 Å². The Morgan fingerprint density at radius 2 is 1.93 bits per heavy atom. The van der Waals surface area contributed by atoms with Crippen LogP contribution in [0.25, 0.3) is 11.3 Å². The molecule has 0 bridgehead atoms. The van der Waals surface area contributed by atoms with Crippen LogP contribution < -0.4 is 5.63 Å². The third-order valence-corrected chi connectivity index (χ3v) is 1.83. The molecule has 0 aliphatic rings.